The summed E-state index contributed by atoms with van der Waals surface area (Å²) in [6.07, 6.45) is 9.00. The van der Waals surface area contributed by atoms with E-state index in [4.69, 9.17) is 11.7 Å². The van der Waals surface area contributed by atoms with E-state index in [2.05, 4.69) is 63.6 Å². The monoisotopic (exact) mass is 563 g/mol. The summed E-state index contributed by atoms with van der Waals surface area (Å²) >= 11 is 0. The molecule has 0 aliphatic heterocycles. The molecule has 1 aromatic heterocycles. The quantitative estimate of drug-likeness (QED) is 0.394. The molecule has 6 rings (SSSR count). The molecule has 5 aliphatic rings. The number of aliphatic hydroxyl groups excluding tert-OH is 1. The van der Waals surface area contributed by atoms with E-state index in [0.717, 1.165) is 44.9 Å². The first-order chi connectivity index (χ1) is 19.1. The first-order valence-electron chi connectivity index (χ1n) is 15.5. The van der Waals surface area contributed by atoms with Crippen LogP contribution in [0.15, 0.2) is 23.1 Å². The number of aryl methyl sites for hydroxylation is 1. The van der Waals surface area contributed by atoms with Crippen molar-refractivity contribution >= 4 is 5.78 Å². The van der Waals surface area contributed by atoms with Gasteiger partial charge in [0, 0.05) is 16.7 Å². The fourth-order valence-electron chi connectivity index (χ4n) is 10.9. The van der Waals surface area contributed by atoms with E-state index in [1.54, 1.807) is 0 Å². The molecule has 1 heterocycles. The van der Waals surface area contributed by atoms with Gasteiger partial charge < -0.3 is 5.11 Å². The number of nitrogens with zero attached hydrogens (tertiary/aromatic N) is 5. The number of hydrogen-bond donors (Lipinski definition) is 1. The molecule has 3 saturated carbocycles. The van der Waals surface area contributed by atoms with Crippen LogP contribution in [-0.4, -0.2) is 37.8 Å². The Hall–Kier alpha value is -2.56. The maximum absolute atomic E-state index is 14.7. The van der Waals surface area contributed by atoms with Crippen LogP contribution in [0.5, 0.6) is 0 Å². The predicted molar refractivity (Wildman–Crippen MR) is 154 cm³/mol. The molecular weight excluding hydrogens is 517 g/mol. The molecule has 1 aromatic rings. The minimum atomic E-state index is -0.539. The lowest BCUT2D eigenvalue weighted by Crippen LogP contribution is -2.65. The minimum absolute atomic E-state index is 0.0752. The lowest BCUT2D eigenvalue weighted by Gasteiger charge is -2.69. The van der Waals surface area contributed by atoms with Crippen molar-refractivity contribution in [1.82, 2.24) is 20.2 Å². The molecule has 7 atom stereocenters. The van der Waals surface area contributed by atoms with E-state index < -0.39 is 12.1 Å². The number of fused-ring (bicyclic) bond motifs is 7. The van der Waals surface area contributed by atoms with Crippen molar-refractivity contribution in [3.8, 4) is 0 Å². The van der Waals surface area contributed by atoms with Crippen LogP contribution in [0, 0.1) is 51.4 Å². The van der Waals surface area contributed by atoms with Gasteiger partial charge in [0.25, 0.3) is 0 Å². The van der Waals surface area contributed by atoms with Crippen LogP contribution in [0.2, 0.25) is 0 Å². The second-order valence-electron chi connectivity index (χ2n) is 16.0. The van der Waals surface area contributed by atoms with Crippen molar-refractivity contribution in [3.05, 3.63) is 40.3 Å². The molecule has 41 heavy (non-hydrogen) atoms. The zero-order chi connectivity index (χ0) is 29.8. The van der Waals surface area contributed by atoms with Crippen LogP contribution in [0.25, 0.3) is 4.85 Å². The summed E-state index contributed by atoms with van der Waals surface area (Å²) in [6, 6.07) is 0. The van der Waals surface area contributed by atoms with E-state index in [1.807, 2.05) is 6.08 Å². The third-order valence-corrected chi connectivity index (χ3v) is 13.3. The van der Waals surface area contributed by atoms with Crippen LogP contribution in [0.1, 0.15) is 106 Å². The molecule has 3 fully saturated rings. The summed E-state index contributed by atoms with van der Waals surface area (Å²) in [6.45, 7) is 23.2. The Kier molecular flexibility index (Phi) is 6.08. The largest absolute Gasteiger partial charge is 0.523 e. The van der Waals surface area contributed by atoms with Crippen molar-refractivity contribution in [3.63, 3.8) is 0 Å². The second kappa shape index (κ2) is 8.74. The number of aromatic nitrogens is 4. The molecule has 0 amide bonds. The van der Waals surface area contributed by atoms with E-state index in [-0.39, 0.29) is 62.9 Å². The Balaban J connectivity index is 1.50. The number of aliphatic hydroxyl groups is 1. The van der Waals surface area contributed by atoms with Crippen LogP contribution in [-0.2, 0) is 16.8 Å². The summed E-state index contributed by atoms with van der Waals surface area (Å²) < 4.78 is 13.1. The molecule has 222 valence electrons. The Morgan fingerprint density at radius 3 is 2.49 bits per heavy atom. The van der Waals surface area contributed by atoms with E-state index >= 15 is 0 Å². The van der Waals surface area contributed by atoms with Gasteiger partial charge in [-0.15, -0.1) is 10.2 Å². The summed E-state index contributed by atoms with van der Waals surface area (Å²) in [4.78, 5) is 19.8. The van der Waals surface area contributed by atoms with Gasteiger partial charge in [-0.05, 0) is 96.2 Å². The molecule has 8 heteroatoms. The van der Waals surface area contributed by atoms with Gasteiger partial charge in [-0.1, -0.05) is 54.0 Å². The van der Waals surface area contributed by atoms with Crippen molar-refractivity contribution in [2.45, 2.75) is 112 Å². The molecule has 0 radical (unpaired) electrons. The standard InChI is InChI=1S/C33H46FN5O2/c1-28(2)11-13-33(27-36-38-39(37-27)16-15-34)14-12-32(7)25(20(33)18-28)22(40)17-24-30(5)19-21(35-8)26(41)29(3,4)23(30)9-10-31(24,32)6/h17,20,23,25,41H,9-16,18-19H2,1-7H3/t20-,23-,25-,30-,31+,32+,33-/m0/s1. The zero-order valence-corrected chi connectivity index (χ0v) is 25.8. The van der Waals surface area contributed by atoms with Crippen molar-refractivity contribution in [2.75, 3.05) is 6.67 Å². The second-order valence-corrected chi connectivity index (χ2v) is 16.0. The molecule has 1 N–H and O–H groups in total. The van der Waals surface area contributed by atoms with Gasteiger partial charge in [0.15, 0.2) is 11.6 Å². The Labute approximate surface area is 243 Å². The van der Waals surface area contributed by atoms with Crippen molar-refractivity contribution in [1.29, 1.82) is 0 Å². The number of hydrogen-bond acceptors (Lipinski definition) is 5. The number of tetrazole rings is 1. The number of alkyl halides is 1. The van der Waals surface area contributed by atoms with E-state index in [9.17, 15) is 14.3 Å². The maximum Gasteiger partial charge on any atom is 0.203 e. The highest BCUT2D eigenvalue weighted by Crippen LogP contribution is 2.75. The highest BCUT2D eigenvalue weighted by Gasteiger charge is 2.70. The Morgan fingerprint density at radius 2 is 1.80 bits per heavy atom. The molecule has 0 spiro atoms. The Morgan fingerprint density at radius 1 is 1.10 bits per heavy atom. The summed E-state index contributed by atoms with van der Waals surface area (Å²) in [5, 5.41) is 24.5. The third kappa shape index (κ3) is 3.59. The number of rotatable bonds is 3. The minimum Gasteiger partial charge on any atom is -0.523 e. The first-order valence-corrected chi connectivity index (χ1v) is 15.5. The van der Waals surface area contributed by atoms with E-state index in [1.165, 1.54) is 10.4 Å². The van der Waals surface area contributed by atoms with Gasteiger partial charge in [-0.25, -0.2) is 9.24 Å². The van der Waals surface area contributed by atoms with Gasteiger partial charge in [-0.2, -0.15) is 4.80 Å². The van der Waals surface area contributed by atoms with Gasteiger partial charge >= 0.3 is 0 Å². The number of allylic oxidation sites excluding steroid dienone is 4. The average molecular weight is 564 g/mol. The molecule has 0 bridgehead atoms. The number of carbonyl (C=O) groups excluding carboxylic acids is 1. The summed E-state index contributed by atoms with van der Waals surface area (Å²) in [5.74, 6) is 1.17. The highest BCUT2D eigenvalue weighted by molar-refractivity contribution is 5.95. The smallest absolute Gasteiger partial charge is 0.203 e. The summed E-state index contributed by atoms with van der Waals surface area (Å²) in [5.41, 5.74) is 0.0243. The lowest BCUT2D eigenvalue weighted by molar-refractivity contribution is -0.161. The fourth-order valence-corrected chi connectivity index (χ4v) is 10.9. The van der Waals surface area contributed by atoms with Crippen molar-refractivity contribution < 1.29 is 14.3 Å². The lowest BCUT2D eigenvalue weighted by atomic mass is 9.34. The van der Waals surface area contributed by atoms with Crippen molar-refractivity contribution in [2.24, 2.45) is 44.8 Å². The first kappa shape index (κ1) is 28.6. The average Bonchev–Trinajstić information content (AvgIpc) is 3.37. The van der Waals surface area contributed by atoms with Crippen LogP contribution >= 0.6 is 0 Å². The Bertz CT molecular complexity index is 1400. The SMILES string of the molecule is [C-]#[N+]C1=C(O)C(C)(C)[C@@H]2CC[C@]3(C)C(=CC(=O)[C@@H]4[C@@H]5CC(C)(C)CC[C@]5(c5nnn(CCF)n5)CC[C@]43C)[C@@]2(C)C1. The van der Waals surface area contributed by atoms with Crippen LogP contribution in [0.3, 0.4) is 0 Å². The van der Waals surface area contributed by atoms with Gasteiger partial charge in [0.1, 0.15) is 12.4 Å². The normalized spacial score (nSPS) is 42.8. The molecular formula is C33H46FN5O2. The fraction of sp³-hybridized carbons (Fsp3) is 0.788. The molecule has 0 aromatic carbocycles. The zero-order valence-electron chi connectivity index (χ0n) is 25.8. The van der Waals surface area contributed by atoms with Gasteiger partial charge in [-0.3, -0.25) is 4.79 Å². The molecule has 0 unspecified atom stereocenters. The highest BCUT2D eigenvalue weighted by atomic mass is 19.1. The summed E-state index contributed by atoms with van der Waals surface area (Å²) in [7, 11) is 0. The molecule has 7 nitrogen and oxygen atoms in total. The molecule has 5 aliphatic carbocycles. The molecule has 0 saturated heterocycles. The number of halogens is 1. The van der Waals surface area contributed by atoms with Crippen LogP contribution in [0.4, 0.5) is 4.39 Å². The number of carbonyl (C=O) groups is 1. The maximum atomic E-state index is 14.7. The topological polar surface area (TPSA) is 85.3 Å². The third-order valence-electron chi connectivity index (χ3n) is 13.3. The van der Waals surface area contributed by atoms with Gasteiger partial charge in [0.2, 0.25) is 5.70 Å². The van der Waals surface area contributed by atoms with Gasteiger partial charge in [0.05, 0.1) is 13.1 Å². The number of ketones is 1. The van der Waals surface area contributed by atoms with E-state index in [0.29, 0.717) is 17.9 Å². The van der Waals surface area contributed by atoms with Crippen LogP contribution < -0.4 is 0 Å². The predicted octanol–water partition coefficient (Wildman–Crippen LogP) is 7.17.